The van der Waals surface area contributed by atoms with E-state index >= 15 is 0 Å². The summed E-state index contributed by atoms with van der Waals surface area (Å²) in [5.41, 5.74) is 1.38. The molecule has 2 rings (SSSR count). The van der Waals surface area contributed by atoms with Crippen molar-refractivity contribution in [1.29, 1.82) is 0 Å². The second-order valence-electron chi connectivity index (χ2n) is 4.87. The summed E-state index contributed by atoms with van der Waals surface area (Å²) in [6, 6.07) is 7.40. The van der Waals surface area contributed by atoms with Crippen LogP contribution in [0.15, 0.2) is 24.3 Å². The molecule has 0 aliphatic heterocycles. The molecule has 21 heavy (non-hydrogen) atoms. The van der Waals surface area contributed by atoms with Gasteiger partial charge in [-0.25, -0.2) is 4.68 Å². The van der Waals surface area contributed by atoms with Crippen molar-refractivity contribution < 1.29 is 9.53 Å². The molecule has 0 saturated heterocycles. The zero-order valence-corrected chi connectivity index (χ0v) is 12.4. The second kappa shape index (κ2) is 6.94. The fourth-order valence-electron chi connectivity index (χ4n) is 1.90. The maximum absolute atomic E-state index is 12.0. The average Bonchev–Trinajstić information content (AvgIpc) is 2.97. The highest BCUT2D eigenvalue weighted by Gasteiger charge is 2.13. The topological polar surface area (TPSA) is 81.9 Å². The Morgan fingerprint density at radius 1 is 1.43 bits per heavy atom. The van der Waals surface area contributed by atoms with Gasteiger partial charge in [0.1, 0.15) is 0 Å². The van der Waals surface area contributed by atoms with Crippen LogP contribution in [0.25, 0.3) is 11.4 Å². The van der Waals surface area contributed by atoms with E-state index in [1.165, 1.54) is 0 Å². The number of ether oxygens (including phenoxy) is 1. The third kappa shape index (κ3) is 3.63. The van der Waals surface area contributed by atoms with Gasteiger partial charge < -0.3 is 10.1 Å². The van der Waals surface area contributed by atoms with Crippen LogP contribution in [0.5, 0.6) is 0 Å². The molecule has 0 saturated carbocycles. The summed E-state index contributed by atoms with van der Waals surface area (Å²) in [5.74, 6) is 0.508. The molecule has 1 N–H and O–H groups in total. The summed E-state index contributed by atoms with van der Waals surface area (Å²) in [6.07, 6.45) is 0. The van der Waals surface area contributed by atoms with E-state index in [4.69, 9.17) is 4.74 Å². The average molecular weight is 289 g/mol. The van der Waals surface area contributed by atoms with Crippen LogP contribution in [-0.2, 0) is 4.74 Å². The first kappa shape index (κ1) is 15.1. The summed E-state index contributed by atoms with van der Waals surface area (Å²) in [5, 5.41) is 14.5. The molecule has 0 bridgehead atoms. The minimum Gasteiger partial charge on any atom is -0.383 e. The largest absolute Gasteiger partial charge is 0.383 e. The monoisotopic (exact) mass is 289 g/mol. The van der Waals surface area contributed by atoms with E-state index in [1.807, 2.05) is 26.0 Å². The summed E-state index contributed by atoms with van der Waals surface area (Å²) >= 11 is 0. The standard InChI is InChI=1S/C14H19N5O2/c1-10(2)19-13(16-17-18-19)11-5-4-6-12(9-11)14(20)15-7-8-21-3/h4-6,9-10H,7-8H2,1-3H3,(H,15,20). The minimum atomic E-state index is -0.141. The highest BCUT2D eigenvalue weighted by molar-refractivity contribution is 5.95. The molecule has 1 aromatic heterocycles. The lowest BCUT2D eigenvalue weighted by Gasteiger charge is -2.09. The van der Waals surface area contributed by atoms with Crippen molar-refractivity contribution in [2.45, 2.75) is 19.9 Å². The first-order valence-corrected chi connectivity index (χ1v) is 6.79. The minimum absolute atomic E-state index is 0.141. The number of amides is 1. The third-order valence-corrected chi connectivity index (χ3v) is 2.96. The maximum atomic E-state index is 12.0. The third-order valence-electron chi connectivity index (χ3n) is 2.96. The molecule has 0 atom stereocenters. The molecule has 0 fully saturated rings. The van der Waals surface area contributed by atoms with E-state index < -0.39 is 0 Å². The first-order valence-electron chi connectivity index (χ1n) is 6.79. The van der Waals surface area contributed by atoms with E-state index in [0.29, 0.717) is 24.5 Å². The number of carbonyl (C=O) groups excluding carboxylic acids is 1. The van der Waals surface area contributed by atoms with E-state index in [2.05, 4.69) is 20.8 Å². The van der Waals surface area contributed by atoms with Crippen LogP contribution < -0.4 is 5.32 Å². The SMILES string of the molecule is COCCNC(=O)c1cccc(-c2nnnn2C(C)C)c1. The number of carbonyl (C=O) groups is 1. The number of aromatic nitrogens is 4. The van der Waals surface area contributed by atoms with Gasteiger partial charge in [0, 0.05) is 24.8 Å². The highest BCUT2D eigenvalue weighted by Crippen LogP contribution is 2.19. The van der Waals surface area contributed by atoms with Gasteiger partial charge in [-0.2, -0.15) is 0 Å². The van der Waals surface area contributed by atoms with Crippen molar-refractivity contribution in [2.75, 3.05) is 20.3 Å². The van der Waals surface area contributed by atoms with E-state index in [1.54, 1.807) is 23.9 Å². The van der Waals surface area contributed by atoms with Crippen molar-refractivity contribution in [3.8, 4) is 11.4 Å². The predicted octanol–water partition coefficient (Wildman–Crippen LogP) is 1.30. The van der Waals surface area contributed by atoms with Crippen LogP contribution in [0.4, 0.5) is 0 Å². The van der Waals surface area contributed by atoms with Gasteiger partial charge in [0.2, 0.25) is 0 Å². The van der Waals surface area contributed by atoms with Crippen LogP contribution in [0, 0.1) is 0 Å². The van der Waals surface area contributed by atoms with Crippen LogP contribution >= 0.6 is 0 Å². The Morgan fingerprint density at radius 2 is 2.24 bits per heavy atom. The Labute approximate surface area is 123 Å². The number of benzene rings is 1. The number of methoxy groups -OCH3 is 1. The van der Waals surface area contributed by atoms with E-state index in [-0.39, 0.29) is 11.9 Å². The van der Waals surface area contributed by atoms with Gasteiger partial charge in [-0.1, -0.05) is 12.1 Å². The summed E-state index contributed by atoms with van der Waals surface area (Å²) < 4.78 is 6.63. The Kier molecular flexibility index (Phi) is 4.99. The van der Waals surface area contributed by atoms with Crippen LogP contribution in [0.3, 0.4) is 0 Å². The quantitative estimate of drug-likeness (QED) is 0.810. The highest BCUT2D eigenvalue weighted by atomic mass is 16.5. The van der Waals surface area contributed by atoms with Crippen molar-refractivity contribution in [1.82, 2.24) is 25.5 Å². The smallest absolute Gasteiger partial charge is 0.251 e. The van der Waals surface area contributed by atoms with Gasteiger partial charge in [-0.3, -0.25) is 4.79 Å². The normalized spacial score (nSPS) is 10.9. The molecule has 7 heteroatoms. The van der Waals surface area contributed by atoms with Gasteiger partial charge >= 0.3 is 0 Å². The molecule has 0 aliphatic rings. The van der Waals surface area contributed by atoms with E-state index in [0.717, 1.165) is 5.56 Å². The number of hydrogen-bond donors (Lipinski definition) is 1. The lowest BCUT2D eigenvalue weighted by molar-refractivity contribution is 0.0937. The van der Waals surface area contributed by atoms with Gasteiger partial charge in [-0.05, 0) is 36.4 Å². The Morgan fingerprint density at radius 3 is 2.95 bits per heavy atom. The number of tetrazole rings is 1. The van der Waals surface area contributed by atoms with Crippen LogP contribution in [-0.4, -0.2) is 46.4 Å². The second-order valence-corrected chi connectivity index (χ2v) is 4.87. The van der Waals surface area contributed by atoms with Crippen molar-refractivity contribution >= 4 is 5.91 Å². The Hall–Kier alpha value is -2.28. The number of nitrogens with zero attached hydrogens (tertiary/aromatic N) is 4. The molecule has 1 heterocycles. The zero-order valence-electron chi connectivity index (χ0n) is 12.4. The molecule has 0 unspecified atom stereocenters. The van der Waals surface area contributed by atoms with Gasteiger partial charge in [0.05, 0.1) is 12.6 Å². The number of hydrogen-bond acceptors (Lipinski definition) is 5. The Bertz CT molecular complexity index is 609. The summed E-state index contributed by atoms with van der Waals surface area (Å²) in [4.78, 5) is 12.0. The molecule has 0 spiro atoms. The fourth-order valence-corrected chi connectivity index (χ4v) is 1.90. The first-order chi connectivity index (χ1) is 10.1. The molecule has 1 aromatic carbocycles. The van der Waals surface area contributed by atoms with Crippen molar-refractivity contribution in [3.63, 3.8) is 0 Å². The number of nitrogens with one attached hydrogen (secondary N) is 1. The molecule has 0 aliphatic carbocycles. The van der Waals surface area contributed by atoms with Crippen molar-refractivity contribution in [3.05, 3.63) is 29.8 Å². The molecule has 112 valence electrons. The van der Waals surface area contributed by atoms with Gasteiger partial charge in [-0.15, -0.1) is 5.10 Å². The molecule has 0 radical (unpaired) electrons. The van der Waals surface area contributed by atoms with Crippen LogP contribution in [0.1, 0.15) is 30.2 Å². The van der Waals surface area contributed by atoms with Crippen molar-refractivity contribution in [2.24, 2.45) is 0 Å². The van der Waals surface area contributed by atoms with Gasteiger partial charge in [0.25, 0.3) is 5.91 Å². The van der Waals surface area contributed by atoms with E-state index in [9.17, 15) is 4.79 Å². The summed E-state index contributed by atoms with van der Waals surface area (Å²) in [7, 11) is 1.60. The van der Waals surface area contributed by atoms with Crippen LogP contribution in [0.2, 0.25) is 0 Å². The molecule has 7 nitrogen and oxygen atoms in total. The fraction of sp³-hybridized carbons (Fsp3) is 0.429. The lowest BCUT2D eigenvalue weighted by atomic mass is 10.1. The molecule has 2 aromatic rings. The maximum Gasteiger partial charge on any atom is 0.251 e. The lowest BCUT2D eigenvalue weighted by Crippen LogP contribution is -2.26. The molecular weight excluding hydrogens is 270 g/mol. The predicted molar refractivity (Wildman–Crippen MR) is 77.8 cm³/mol. The molecular formula is C14H19N5O2. The summed E-state index contributed by atoms with van der Waals surface area (Å²) in [6.45, 7) is 4.96. The molecule has 1 amide bonds. The Balaban J connectivity index is 2.21. The zero-order chi connectivity index (χ0) is 15.2. The number of rotatable bonds is 6. The van der Waals surface area contributed by atoms with Gasteiger partial charge in [0.15, 0.2) is 5.82 Å².